The minimum atomic E-state index is -4.33. The maximum atomic E-state index is 12.9. The molecule has 1 saturated heterocycles. The van der Waals surface area contributed by atoms with Gasteiger partial charge in [-0.2, -0.15) is 13.2 Å². The Bertz CT molecular complexity index is 907. The molecule has 0 spiro atoms. The number of likely N-dealkylation sites (N-methyl/N-ethyl adjacent to an activating group) is 1. The van der Waals surface area contributed by atoms with Crippen LogP contribution in [-0.2, 0) is 6.18 Å². The number of benzene rings is 2. The van der Waals surface area contributed by atoms with E-state index < -0.39 is 11.7 Å². The van der Waals surface area contributed by atoms with Gasteiger partial charge >= 0.3 is 6.18 Å². The van der Waals surface area contributed by atoms with Crippen LogP contribution in [0.1, 0.15) is 17.5 Å². The van der Waals surface area contributed by atoms with Crippen LogP contribution in [0.25, 0.3) is 11.1 Å². The number of alkyl halides is 3. The quantitative estimate of drug-likeness (QED) is 0.754. The molecule has 2 aliphatic heterocycles. The minimum absolute atomic E-state index is 0.475. The Hall–Kier alpha value is -2.54. The Morgan fingerprint density at radius 2 is 1.79 bits per heavy atom. The largest absolute Gasteiger partial charge is 0.491 e. The third-order valence-electron chi connectivity index (χ3n) is 5.57. The van der Waals surface area contributed by atoms with E-state index in [0.717, 1.165) is 59.9 Å². The molecule has 2 aromatic rings. The van der Waals surface area contributed by atoms with Gasteiger partial charge in [-0.05, 0) is 55.9 Å². The van der Waals surface area contributed by atoms with Crippen LogP contribution in [0.15, 0.2) is 47.5 Å². The fraction of sp³-hybridized carbons (Fsp3) is 0.409. The SMILES string of the molecule is CN(C)C1CCN(C2=NCCOc3ccc(-c4ccc(C(F)(F)F)cc4)cc32)C1. The zero-order chi connectivity index (χ0) is 20.6. The Balaban J connectivity index is 1.67. The van der Waals surface area contributed by atoms with Crippen molar-refractivity contribution in [3.63, 3.8) is 0 Å². The number of fused-ring (bicyclic) bond motifs is 1. The van der Waals surface area contributed by atoms with Gasteiger partial charge in [0.05, 0.1) is 17.7 Å². The van der Waals surface area contributed by atoms with Gasteiger partial charge in [-0.3, -0.25) is 4.99 Å². The molecule has 2 aliphatic rings. The van der Waals surface area contributed by atoms with Crippen molar-refractivity contribution < 1.29 is 17.9 Å². The zero-order valence-corrected chi connectivity index (χ0v) is 16.5. The van der Waals surface area contributed by atoms with Crippen molar-refractivity contribution in [1.29, 1.82) is 0 Å². The van der Waals surface area contributed by atoms with Gasteiger partial charge in [0.2, 0.25) is 0 Å². The summed E-state index contributed by atoms with van der Waals surface area (Å²) in [5, 5.41) is 0. The molecular weight excluding hydrogens is 379 g/mol. The monoisotopic (exact) mass is 403 g/mol. The highest BCUT2D eigenvalue weighted by Crippen LogP contribution is 2.33. The maximum Gasteiger partial charge on any atom is 0.416 e. The number of ether oxygens (including phenoxy) is 1. The van der Waals surface area contributed by atoms with E-state index in [-0.39, 0.29) is 0 Å². The summed E-state index contributed by atoms with van der Waals surface area (Å²) in [4.78, 5) is 9.29. The van der Waals surface area contributed by atoms with E-state index in [4.69, 9.17) is 9.73 Å². The summed E-state index contributed by atoms with van der Waals surface area (Å²) in [5.74, 6) is 1.68. The maximum absolute atomic E-state index is 12.9. The molecule has 0 radical (unpaired) electrons. The van der Waals surface area contributed by atoms with E-state index >= 15 is 0 Å². The molecule has 1 unspecified atom stereocenters. The lowest BCUT2D eigenvalue weighted by Crippen LogP contribution is -2.35. The van der Waals surface area contributed by atoms with Crippen molar-refractivity contribution in [2.24, 2.45) is 4.99 Å². The number of nitrogens with zero attached hydrogens (tertiary/aromatic N) is 3. The predicted molar refractivity (Wildman–Crippen MR) is 107 cm³/mol. The summed E-state index contributed by atoms with van der Waals surface area (Å²) in [6.07, 6.45) is -3.26. The molecule has 0 N–H and O–H groups in total. The van der Waals surface area contributed by atoms with Gasteiger partial charge in [0, 0.05) is 19.1 Å². The number of hydrogen-bond acceptors (Lipinski definition) is 4. The van der Waals surface area contributed by atoms with Gasteiger partial charge < -0.3 is 14.5 Å². The molecular formula is C22H24F3N3O. The lowest BCUT2D eigenvalue weighted by atomic mass is 10.00. The highest BCUT2D eigenvalue weighted by atomic mass is 19.4. The van der Waals surface area contributed by atoms with Crippen molar-refractivity contribution in [2.45, 2.75) is 18.6 Å². The van der Waals surface area contributed by atoms with E-state index in [1.165, 1.54) is 12.1 Å². The smallest absolute Gasteiger partial charge is 0.416 e. The van der Waals surface area contributed by atoms with Gasteiger partial charge in [-0.1, -0.05) is 18.2 Å². The van der Waals surface area contributed by atoms with E-state index in [2.05, 4.69) is 23.9 Å². The topological polar surface area (TPSA) is 28.1 Å². The van der Waals surface area contributed by atoms with Gasteiger partial charge in [-0.15, -0.1) is 0 Å². The highest BCUT2D eigenvalue weighted by molar-refractivity contribution is 6.02. The number of aliphatic imine (C=N–C) groups is 1. The van der Waals surface area contributed by atoms with Gasteiger partial charge in [-0.25, -0.2) is 0 Å². The van der Waals surface area contributed by atoms with Crippen molar-refractivity contribution in [3.05, 3.63) is 53.6 Å². The Morgan fingerprint density at radius 1 is 1.07 bits per heavy atom. The van der Waals surface area contributed by atoms with Crippen molar-refractivity contribution in [1.82, 2.24) is 9.80 Å². The number of hydrogen-bond donors (Lipinski definition) is 0. The van der Waals surface area contributed by atoms with Crippen LogP contribution in [0.5, 0.6) is 5.75 Å². The molecule has 1 atom stereocenters. The standard InChI is InChI=1S/C22H24F3N3O/c1-27(2)18-9-11-28(14-18)21-19-13-16(5-8-20(19)29-12-10-26-21)15-3-6-17(7-4-15)22(23,24)25/h3-8,13,18H,9-12,14H2,1-2H3. The molecule has 4 nitrogen and oxygen atoms in total. The van der Waals surface area contributed by atoms with Crippen molar-refractivity contribution in [3.8, 4) is 16.9 Å². The molecule has 0 amide bonds. The normalized spacial score (nSPS) is 19.6. The van der Waals surface area contributed by atoms with E-state index in [1.807, 2.05) is 18.2 Å². The number of halogens is 3. The molecule has 4 rings (SSSR count). The fourth-order valence-corrected chi connectivity index (χ4v) is 3.88. The molecule has 2 heterocycles. The first-order chi connectivity index (χ1) is 13.8. The van der Waals surface area contributed by atoms with Crippen molar-refractivity contribution in [2.75, 3.05) is 40.3 Å². The summed E-state index contributed by atoms with van der Waals surface area (Å²) in [6, 6.07) is 11.5. The van der Waals surface area contributed by atoms with Crippen LogP contribution in [0.4, 0.5) is 13.2 Å². The average Bonchev–Trinajstić information content (AvgIpc) is 3.09. The van der Waals surface area contributed by atoms with Gasteiger partial charge in [0.15, 0.2) is 0 Å². The van der Waals surface area contributed by atoms with E-state index in [0.29, 0.717) is 19.2 Å². The summed E-state index contributed by atoms with van der Waals surface area (Å²) in [6.45, 7) is 2.92. The van der Waals surface area contributed by atoms with Crippen LogP contribution in [0, 0.1) is 0 Å². The summed E-state index contributed by atoms with van der Waals surface area (Å²) < 4.78 is 44.5. The van der Waals surface area contributed by atoms with Gasteiger partial charge in [0.25, 0.3) is 0 Å². The summed E-state index contributed by atoms with van der Waals surface area (Å²) in [5.41, 5.74) is 1.84. The lowest BCUT2D eigenvalue weighted by molar-refractivity contribution is -0.137. The molecule has 2 aromatic carbocycles. The van der Waals surface area contributed by atoms with Crippen LogP contribution >= 0.6 is 0 Å². The second kappa shape index (κ2) is 7.71. The Labute approximate surface area is 168 Å². The number of rotatable bonds is 2. The third-order valence-corrected chi connectivity index (χ3v) is 5.57. The van der Waals surface area contributed by atoms with E-state index in [1.54, 1.807) is 0 Å². The number of likely N-dealkylation sites (tertiary alicyclic amines) is 1. The average molecular weight is 403 g/mol. The van der Waals surface area contributed by atoms with Crippen LogP contribution < -0.4 is 4.74 Å². The van der Waals surface area contributed by atoms with Crippen LogP contribution in [0.2, 0.25) is 0 Å². The Kier molecular flexibility index (Phi) is 5.25. The molecule has 29 heavy (non-hydrogen) atoms. The van der Waals surface area contributed by atoms with Crippen molar-refractivity contribution >= 4 is 5.84 Å². The predicted octanol–water partition coefficient (Wildman–Crippen LogP) is 4.15. The summed E-state index contributed by atoms with van der Waals surface area (Å²) >= 11 is 0. The molecule has 0 saturated carbocycles. The van der Waals surface area contributed by atoms with Gasteiger partial charge in [0.1, 0.15) is 18.2 Å². The second-order valence-corrected chi connectivity index (χ2v) is 7.69. The summed E-state index contributed by atoms with van der Waals surface area (Å²) in [7, 11) is 4.17. The lowest BCUT2D eigenvalue weighted by Gasteiger charge is -2.24. The second-order valence-electron chi connectivity index (χ2n) is 7.69. The van der Waals surface area contributed by atoms with E-state index in [9.17, 15) is 13.2 Å². The highest BCUT2D eigenvalue weighted by Gasteiger charge is 2.31. The first-order valence-corrected chi connectivity index (χ1v) is 9.73. The fourth-order valence-electron chi connectivity index (χ4n) is 3.88. The minimum Gasteiger partial charge on any atom is -0.491 e. The molecule has 0 aromatic heterocycles. The molecule has 1 fully saturated rings. The first-order valence-electron chi connectivity index (χ1n) is 9.73. The molecule has 154 valence electrons. The molecule has 0 aliphatic carbocycles. The molecule has 0 bridgehead atoms. The first kappa shape index (κ1) is 19.8. The molecule has 7 heteroatoms. The van der Waals surface area contributed by atoms with Crippen LogP contribution in [-0.4, -0.2) is 62.0 Å². The van der Waals surface area contributed by atoms with Crippen LogP contribution in [0.3, 0.4) is 0 Å². The Morgan fingerprint density at radius 3 is 2.45 bits per heavy atom. The number of amidine groups is 1. The third kappa shape index (κ3) is 4.10. The zero-order valence-electron chi connectivity index (χ0n) is 16.5.